The van der Waals surface area contributed by atoms with E-state index in [2.05, 4.69) is 51.6 Å². The number of ether oxygens (including phenoxy) is 3. The number of hydrogen-bond donors (Lipinski definition) is 1. The number of methoxy groups -OCH3 is 3. The Bertz CT molecular complexity index is 1500. The maximum absolute atomic E-state index is 13.9. The van der Waals surface area contributed by atoms with Crippen LogP contribution in [0.1, 0.15) is 41.3 Å². The van der Waals surface area contributed by atoms with Crippen LogP contribution in [0.25, 0.3) is 10.8 Å². The highest BCUT2D eigenvalue weighted by atomic mass is 79.9. The van der Waals surface area contributed by atoms with Crippen molar-refractivity contribution in [3.63, 3.8) is 0 Å². The number of fused-ring (bicyclic) bond motifs is 2. The average Bonchev–Trinajstić information content (AvgIpc) is 2.96. The fourth-order valence-electron chi connectivity index (χ4n) is 5.53. The van der Waals surface area contributed by atoms with E-state index in [9.17, 15) is 4.79 Å². The number of amides is 2. The monoisotopic (exact) mass is 588 g/mol. The molecule has 0 saturated heterocycles. The SMILES string of the molecule is COc1ccc(C[C@H]2c3cc(OC)c(OC)cc3CCN2C(=O)N[C@H](C)c2cccc3ccccc23)cc1Br. The summed E-state index contributed by atoms with van der Waals surface area (Å²) in [5, 5.41) is 5.59. The Balaban J connectivity index is 1.49. The van der Waals surface area contributed by atoms with Crippen molar-refractivity contribution in [2.45, 2.75) is 31.8 Å². The molecule has 4 aromatic rings. The third kappa shape index (κ3) is 5.41. The van der Waals surface area contributed by atoms with Crippen molar-refractivity contribution in [1.82, 2.24) is 10.2 Å². The lowest BCUT2D eigenvalue weighted by Gasteiger charge is -2.38. The molecule has 202 valence electrons. The average molecular weight is 590 g/mol. The van der Waals surface area contributed by atoms with Gasteiger partial charge >= 0.3 is 6.03 Å². The molecule has 0 bridgehead atoms. The van der Waals surface area contributed by atoms with Gasteiger partial charge < -0.3 is 24.4 Å². The Hall–Kier alpha value is -3.71. The summed E-state index contributed by atoms with van der Waals surface area (Å²) >= 11 is 3.61. The highest BCUT2D eigenvalue weighted by molar-refractivity contribution is 9.10. The number of nitrogens with one attached hydrogen (secondary N) is 1. The molecule has 6 nitrogen and oxygen atoms in total. The van der Waals surface area contributed by atoms with Crippen LogP contribution in [0.5, 0.6) is 17.2 Å². The molecule has 0 aromatic heterocycles. The Morgan fingerprint density at radius 3 is 2.41 bits per heavy atom. The molecule has 2 atom stereocenters. The molecule has 7 heteroatoms. The van der Waals surface area contributed by atoms with Gasteiger partial charge in [0.2, 0.25) is 0 Å². The van der Waals surface area contributed by atoms with Crippen LogP contribution in [-0.2, 0) is 12.8 Å². The Morgan fingerprint density at radius 2 is 1.67 bits per heavy atom. The van der Waals surface area contributed by atoms with Gasteiger partial charge in [0.25, 0.3) is 0 Å². The number of urea groups is 1. The summed E-state index contributed by atoms with van der Waals surface area (Å²) in [6.45, 7) is 2.64. The lowest BCUT2D eigenvalue weighted by molar-refractivity contribution is 0.165. The number of hydrogen-bond acceptors (Lipinski definition) is 4. The molecule has 0 aliphatic carbocycles. The summed E-state index contributed by atoms with van der Waals surface area (Å²) in [6.07, 6.45) is 1.37. The van der Waals surface area contributed by atoms with Gasteiger partial charge in [-0.2, -0.15) is 0 Å². The molecule has 0 spiro atoms. The highest BCUT2D eigenvalue weighted by Gasteiger charge is 2.33. The molecular formula is C32H33BrN2O4. The van der Waals surface area contributed by atoms with Crippen molar-refractivity contribution in [3.8, 4) is 17.2 Å². The molecule has 0 fully saturated rings. The van der Waals surface area contributed by atoms with Crippen LogP contribution >= 0.6 is 15.9 Å². The van der Waals surface area contributed by atoms with Gasteiger partial charge in [0, 0.05) is 6.54 Å². The van der Waals surface area contributed by atoms with E-state index in [1.807, 2.05) is 54.3 Å². The maximum atomic E-state index is 13.9. The number of benzene rings is 4. The summed E-state index contributed by atoms with van der Waals surface area (Å²) in [5.74, 6) is 2.13. The van der Waals surface area contributed by atoms with E-state index < -0.39 is 0 Å². The molecule has 5 rings (SSSR count). The first-order valence-corrected chi connectivity index (χ1v) is 13.8. The zero-order valence-electron chi connectivity index (χ0n) is 22.7. The minimum atomic E-state index is -0.187. The highest BCUT2D eigenvalue weighted by Crippen LogP contribution is 2.40. The lowest BCUT2D eigenvalue weighted by Crippen LogP contribution is -2.47. The van der Waals surface area contributed by atoms with Crippen LogP contribution in [0, 0.1) is 0 Å². The van der Waals surface area contributed by atoms with E-state index in [4.69, 9.17) is 14.2 Å². The standard InChI is InChI=1S/C32H33BrN2O4/c1-20(24-11-7-9-22-8-5-6-10-25(22)24)34-32(36)35-15-14-23-18-30(38-3)31(39-4)19-26(23)28(35)17-21-12-13-29(37-2)27(33)16-21/h5-13,16,18-20,28H,14-15,17H2,1-4H3,(H,34,36)/t20-,28+/m1/s1. The van der Waals surface area contributed by atoms with Crippen LogP contribution in [0.4, 0.5) is 4.79 Å². The number of rotatable bonds is 7. The number of carbonyl (C=O) groups is 1. The largest absolute Gasteiger partial charge is 0.496 e. The Kier molecular flexibility index (Phi) is 7.98. The number of halogens is 1. The molecule has 1 N–H and O–H groups in total. The maximum Gasteiger partial charge on any atom is 0.318 e. The van der Waals surface area contributed by atoms with Gasteiger partial charge in [0.05, 0.1) is 37.9 Å². The van der Waals surface area contributed by atoms with E-state index in [0.29, 0.717) is 24.5 Å². The molecule has 1 heterocycles. The van der Waals surface area contributed by atoms with Crippen molar-refractivity contribution >= 4 is 32.7 Å². The molecule has 0 saturated carbocycles. The summed E-state index contributed by atoms with van der Waals surface area (Å²) < 4.78 is 17.5. The van der Waals surface area contributed by atoms with Crippen LogP contribution in [-0.4, -0.2) is 38.8 Å². The first-order chi connectivity index (χ1) is 18.9. The first-order valence-electron chi connectivity index (χ1n) is 13.1. The number of carbonyl (C=O) groups excluding carboxylic acids is 1. The third-order valence-electron chi connectivity index (χ3n) is 7.54. The molecule has 1 aliphatic rings. The van der Waals surface area contributed by atoms with E-state index in [0.717, 1.165) is 49.7 Å². The van der Waals surface area contributed by atoms with Crippen molar-refractivity contribution < 1.29 is 19.0 Å². The summed E-state index contributed by atoms with van der Waals surface area (Å²) in [4.78, 5) is 15.9. The van der Waals surface area contributed by atoms with Gasteiger partial charge in [-0.1, -0.05) is 48.5 Å². The predicted octanol–water partition coefficient (Wildman–Crippen LogP) is 7.24. The molecule has 4 aromatic carbocycles. The van der Waals surface area contributed by atoms with E-state index in [-0.39, 0.29) is 18.1 Å². The molecule has 0 radical (unpaired) electrons. The minimum absolute atomic E-state index is 0.0894. The zero-order chi connectivity index (χ0) is 27.5. The third-order valence-corrected chi connectivity index (χ3v) is 8.16. The lowest BCUT2D eigenvalue weighted by atomic mass is 9.88. The zero-order valence-corrected chi connectivity index (χ0v) is 24.2. The van der Waals surface area contributed by atoms with Gasteiger partial charge in [-0.15, -0.1) is 0 Å². The van der Waals surface area contributed by atoms with Gasteiger partial charge in [-0.25, -0.2) is 4.79 Å². The quantitative estimate of drug-likeness (QED) is 0.247. The predicted molar refractivity (Wildman–Crippen MR) is 158 cm³/mol. The van der Waals surface area contributed by atoms with Crippen molar-refractivity contribution in [2.24, 2.45) is 0 Å². The van der Waals surface area contributed by atoms with Crippen molar-refractivity contribution in [2.75, 3.05) is 27.9 Å². The molecular weight excluding hydrogens is 556 g/mol. The topological polar surface area (TPSA) is 60.0 Å². The fraction of sp³-hybridized carbons (Fsp3) is 0.281. The van der Waals surface area contributed by atoms with Crippen LogP contribution in [0.2, 0.25) is 0 Å². The van der Waals surface area contributed by atoms with Crippen molar-refractivity contribution in [1.29, 1.82) is 0 Å². The summed E-state index contributed by atoms with van der Waals surface area (Å²) in [7, 11) is 4.94. The molecule has 1 aliphatic heterocycles. The Morgan fingerprint density at radius 1 is 0.949 bits per heavy atom. The van der Waals surface area contributed by atoms with Gasteiger partial charge in [0.15, 0.2) is 11.5 Å². The normalized spacial score (nSPS) is 15.4. The van der Waals surface area contributed by atoms with Crippen LogP contribution in [0.15, 0.2) is 77.3 Å². The second-order valence-electron chi connectivity index (χ2n) is 9.78. The number of nitrogens with zero attached hydrogens (tertiary/aromatic N) is 1. The molecule has 39 heavy (non-hydrogen) atoms. The first kappa shape index (κ1) is 26.9. The van der Waals surface area contributed by atoms with Gasteiger partial charge in [0.1, 0.15) is 5.75 Å². The molecule has 0 unspecified atom stereocenters. The smallest absolute Gasteiger partial charge is 0.318 e. The summed E-state index contributed by atoms with van der Waals surface area (Å²) in [6, 6.07) is 24.2. The minimum Gasteiger partial charge on any atom is -0.496 e. The Labute approximate surface area is 238 Å². The fourth-order valence-corrected chi connectivity index (χ4v) is 6.11. The van der Waals surface area contributed by atoms with Crippen LogP contribution in [0.3, 0.4) is 0 Å². The second-order valence-corrected chi connectivity index (χ2v) is 10.6. The van der Waals surface area contributed by atoms with E-state index >= 15 is 0 Å². The van der Waals surface area contributed by atoms with Gasteiger partial charge in [-0.3, -0.25) is 0 Å². The van der Waals surface area contributed by atoms with E-state index in [1.54, 1.807) is 21.3 Å². The van der Waals surface area contributed by atoms with Crippen LogP contribution < -0.4 is 19.5 Å². The summed E-state index contributed by atoms with van der Waals surface area (Å²) in [5.41, 5.74) is 4.42. The second kappa shape index (κ2) is 11.6. The van der Waals surface area contributed by atoms with Crippen molar-refractivity contribution in [3.05, 3.63) is 99.5 Å². The van der Waals surface area contributed by atoms with Gasteiger partial charge in [-0.05, 0) is 93.0 Å². The van der Waals surface area contributed by atoms with E-state index in [1.165, 1.54) is 0 Å². The molecule has 2 amide bonds.